The lowest BCUT2D eigenvalue weighted by molar-refractivity contribution is -0.107. The van der Waals surface area contributed by atoms with Gasteiger partial charge in [0.1, 0.15) is 6.29 Å². The van der Waals surface area contributed by atoms with E-state index >= 15 is 0 Å². The number of rotatable bonds is 6. The van der Waals surface area contributed by atoms with Gasteiger partial charge in [-0.2, -0.15) is 0 Å². The van der Waals surface area contributed by atoms with Crippen molar-refractivity contribution in [1.82, 2.24) is 0 Å². The van der Waals surface area contributed by atoms with E-state index in [1.165, 1.54) is 12.1 Å². The smallest absolute Gasteiger partial charge is 0.338 e. The molecule has 0 N–H and O–H groups in total. The van der Waals surface area contributed by atoms with Gasteiger partial charge in [-0.3, -0.25) is 0 Å². The van der Waals surface area contributed by atoms with Crippen molar-refractivity contribution in [3.63, 3.8) is 0 Å². The number of ether oxygens (including phenoxy) is 1. The molecule has 1 aromatic carbocycles. The molecule has 0 saturated carbocycles. The third-order valence-electron chi connectivity index (χ3n) is 2.40. The summed E-state index contributed by atoms with van der Waals surface area (Å²) in [5, 5.41) is 0. The monoisotopic (exact) mass is 256 g/mol. The second-order valence-corrected chi connectivity index (χ2v) is 3.65. The van der Waals surface area contributed by atoms with E-state index in [0.717, 1.165) is 6.29 Å². The van der Waals surface area contributed by atoms with Crippen molar-refractivity contribution in [2.45, 2.75) is 26.2 Å². The normalized spacial score (nSPS) is 10.4. The molecule has 98 valence electrons. The van der Waals surface area contributed by atoms with Gasteiger partial charge >= 0.3 is 5.97 Å². The van der Waals surface area contributed by atoms with Crippen molar-refractivity contribution in [3.05, 3.63) is 34.9 Å². The quantitative estimate of drug-likeness (QED) is 0.580. The zero-order chi connectivity index (χ0) is 13.5. The van der Waals surface area contributed by atoms with Gasteiger partial charge in [-0.1, -0.05) is 6.07 Å². The average Bonchev–Trinajstić information content (AvgIpc) is 2.36. The fourth-order valence-electron chi connectivity index (χ4n) is 1.57. The largest absolute Gasteiger partial charge is 0.462 e. The lowest BCUT2D eigenvalue weighted by Gasteiger charge is -2.10. The van der Waals surface area contributed by atoms with E-state index in [2.05, 4.69) is 0 Å². The molecular formula is C13H14F2O3. The maximum Gasteiger partial charge on any atom is 0.338 e. The zero-order valence-corrected chi connectivity index (χ0v) is 9.99. The topological polar surface area (TPSA) is 43.4 Å². The lowest BCUT2D eigenvalue weighted by atomic mass is 10.0. The van der Waals surface area contributed by atoms with E-state index in [1.807, 2.05) is 0 Å². The number of esters is 1. The summed E-state index contributed by atoms with van der Waals surface area (Å²) in [6.45, 7) is 1.74. The zero-order valence-electron chi connectivity index (χ0n) is 9.99. The van der Waals surface area contributed by atoms with Crippen LogP contribution in [0.2, 0.25) is 0 Å². The Morgan fingerprint density at radius 2 is 2.17 bits per heavy atom. The number of hydrogen-bond donors (Lipinski definition) is 0. The van der Waals surface area contributed by atoms with Crippen molar-refractivity contribution in [3.8, 4) is 0 Å². The van der Waals surface area contributed by atoms with E-state index in [4.69, 9.17) is 4.74 Å². The Kier molecular flexibility index (Phi) is 5.42. The predicted molar refractivity (Wildman–Crippen MR) is 61.7 cm³/mol. The summed E-state index contributed by atoms with van der Waals surface area (Å²) in [7, 11) is 0. The molecule has 0 saturated heterocycles. The number of carbonyl (C=O) groups excluding carboxylic acids is 2. The van der Waals surface area contributed by atoms with Gasteiger partial charge < -0.3 is 9.53 Å². The van der Waals surface area contributed by atoms with E-state index in [0.29, 0.717) is 12.0 Å². The molecule has 0 bridgehead atoms. The van der Waals surface area contributed by atoms with Gasteiger partial charge in [-0.15, -0.1) is 0 Å². The Balaban J connectivity index is 3.04. The van der Waals surface area contributed by atoms with Gasteiger partial charge in [0, 0.05) is 12.0 Å². The molecule has 3 nitrogen and oxygen atoms in total. The van der Waals surface area contributed by atoms with Crippen LogP contribution in [0.25, 0.3) is 0 Å². The molecule has 1 rings (SSSR count). The van der Waals surface area contributed by atoms with Crippen LogP contribution in [0.5, 0.6) is 0 Å². The van der Waals surface area contributed by atoms with Crippen molar-refractivity contribution in [2.24, 2.45) is 0 Å². The highest BCUT2D eigenvalue weighted by Gasteiger charge is 2.19. The van der Waals surface area contributed by atoms with Crippen LogP contribution in [0.4, 0.5) is 8.78 Å². The average molecular weight is 256 g/mol. The van der Waals surface area contributed by atoms with Gasteiger partial charge in [0.05, 0.1) is 12.2 Å². The van der Waals surface area contributed by atoms with E-state index in [-0.39, 0.29) is 24.2 Å². The van der Waals surface area contributed by atoms with Crippen molar-refractivity contribution in [1.29, 1.82) is 0 Å². The van der Waals surface area contributed by atoms with E-state index in [9.17, 15) is 18.4 Å². The second-order valence-electron chi connectivity index (χ2n) is 3.65. The number of benzene rings is 1. The third kappa shape index (κ3) is 3.61. The van der Waals surface area contributed by atoms with Crippen LogP contribution in [-0.4, -0.2) is 18.9 Å². The van der Waals surface area contributed by atoms with Crippen LogP contribution < -0.4 is 0 Å². The molecule has 0 atom stereocenters. The number of aryl methyl sites for hydroxylation is 1. The summed E-state index contributed by atoms with van der Waals surface area (Å²) in [4.78, 5) is 21.7. The molecule has 0 heterocycles. The van der Waals surface area contributed by atoms with Gasteiger partial charge in [0.2, 0.25) is 0 Å². The highest BCUT2D eigenvalue weighted by atomic mass is 19.3. The Bertz CT molecular complexity index is 430. The van der Waals surface area contributed by atoms with E-state index < -0.39 is 12.4 Å². The SMILES string of the molecule is CCOC(=O)c1ccc(CCC=O)cc1C(F)F. The fourth-order valence-corrected chi connectivity index (χ4v) is 1.57. The van der Waals surface area contributed by atoms with Crippen molar-refractivity contribution >= 4 is 12.3 Å². The molecule has 0 spiro atoms. The summed E-state index contributed by atoms with van der Waals surface area (Å²) in [5.41, 5.74) is 0.129. The summed E-state index contributed by atoms with van der Waals surface area (Å²) in [5.74, 6) is -0.755. The molecule has 18 heavy (non-hydrogen) atoms. The number of hydrogen-bond acceptors (Lipinski definition) is 3. The maximum absolute atomic E-state index is 12.9. The number of carbonyl (C=O) groups is 2. The van der Waals surface area contributed by atoms with Crippen LogP contribution >= 0.6 is 0 Å². The van der Waals surface area contributed by atoms with Crippen molar-refractivity contribution in [2.75, 3.05) is 6.61 Å². The predicted octanol–water partition coefficient (Wildman–Crippen LogP) is 2.93. The van der Waals surface area contributed by atoms with Crippen molar-refractivity contribution < 1.29 is 23.1 Å². The maximum atomic E-state index is 12.9. The van der Waals surface area contributed by atoms with Crippen LogP contribution in [0.1, 0.15) is 41.3 Å². The molecule has 0 unspecified atom stereocenters. The number of halogens is 2. The summed E-state index contributed by atoms with van der Waals surface area (Å²) >= 11 is 0. The summed E-state index contributed by atoms with van der Waals surface area (Å²) in [6, 6.07) is 4.13. The minimum Gasteiger partial charge on any atom is -0.462 e. The molecule has 0 aliphatic heterocycles. The highest BCUT2D eigenvalue weighted by Crippen LogP contribution is 2.25. The summed E-state index contributed by atoms with van der Waals surface area (Å²) < 4.78 is 30.4. The van der Waals surface area contributed by atoms with Crippen LogP contribution in [0, 0.1) is 0 Å². The van der Waals surface area contributed by atoms with Crippen LogP contribution in [0.3, 0.4) is 0 Å². The molecule has 0 aromatic heterocycles. The van der Waals surface area contributed by atoms with Gasteiger partial charge in [-0.05, 0) is 31.0 Å². The first-order valence-corrected chi connectivity index (χ1v) is 5.61. The molecule has 0 aliphatic rings. The number of alkyl halides is 2. The van der Waals surface area contributed by atoms with Gasteiger partial charge in [0.25, 0.3) is 6.43 Å². The minimum absolute atomic E-state index is 0.123. The second kappa shape index (κ2) is 6.83. The molecule has 0 radical (unpaired) electrons. The van der Waals surface area contributed by atoms with Gasteiger partial charge in [-0.25, -0.2) is 13.6 Å². The first-order chi connectivity index (χ1) is 8.60. The molecule has 0 amide bonds. The minimum atomic E-state index is -2.75. The molecule has 1 aromatic rings. The molecule has 0 aliphatic carbocycles. The molecular weight excluding hydrogens is 242 g/mol. The van der Waals surface area contributed by atoms with Crippen LogP contribution in [-0.2, 0) is 16.0 Å². The highest BCUT2D eigenvalue weighted by molar-refractivity contribution is 5.91. The van der Waals surface area contributed by atoms with Crippen LogP contribution in [0.15, 0.2) is 18.2 Å². The number of aldehydes is 1. The lowest BCUT2D eigenvalue weighted by Crippen LogP contribution is -2.09. The Morgan fingerprint density at radius 1 is 1.44 bits per heavy atom. The third-order valence-corrected chi connectivity index (χ3v) is 2.40. The fraction of sp³-hybridized carbons (Fsp3) is 0.385. The van der Waals surface area contributed by atoms with Gasteiger partial charge in [0.15, 0.2) is 0 Å². The Morgan fingerprint density at radius 3 is 2.72 bits per heavy atom. The Hall–Kier alpha value is -1.78. The summed E-state index contributed by atoms with van der Waals surface area (Å²) in [6.07, 6.45) is -1.38. The standard InChI is InChI=1S/C13H14F2O3/c1-2-18-13(17)10-6-5-9(4-3-7-16)8-11(10)12(14)15/h5-8,12H,2-4H2,1H3. The molecule has 5 heteroatoms. The van der Waals surface area contributed by atoms with E-state index in [1.54, 1.807) is 13.0 Å². The molecule has 0 fully saturated rings. The Labute approximate surface area is 104 Å². The first-order valence-electron chi connectivity index (χ1n) is 5.61. The first kappa shape index (κ1) is 14.3.